The Kier molecular flexibility index (Phi) is 5.20. The number of carbonyl (C=O) groups is 1. The van der Waals surface area contributed by atoms with Crippen LogP contribution in [0.3, 0.4) is 0 Å². The maximum absolute atomic E-state index is 12.5. The van der Waals surface area contributed by atoms with Crippen LogP contribution in [0, 0.1) is 11.3 Å². The van der Waals surface area contributed by atoms with Crippen molar-refractivity contribution in [2.75, 3.05) is 6.54 Å². The van der Waals surface area contributed by atoms with E-state index in [2.05, 4.69) is 33.0 Å². The second-order valence-electron chi connectivity index (χ2n) is 6.73. The average molecular weight is 254 g/mol. The lowest BCUT2D eigenvalue weighted by molar-refractivity contribution is -0.132. The van der Waals surface area contributed by atoms with Gasteiger partial charge in [-0.15, -0.1) is 0 Å². The molecule has 2 atom stereocenters. The molecule has 1 aliphatic rings. The first-order valence-electron chi connectivity index (χ1n) is 7.37. The number of nitrogens with two attached hydrogens (primary N) is 1. The zero-order chi connectivity index (χ0) is 13.8. The summed E-state index contributed by atoms with van der Waals surface area (Å²) in [6, 6.07) is 0. The van der Waals surface area contributed by atoms with Gasteiger partial charge in [-0.1, -0.05) is 33.6 Å². The normalized spacial score (nSPS) is 26.4. The number of rotatable bonds is 5. The number of carbonyl (C=O) groups excluding carboxylic acids is 1. The molecule has 0 aliphatic heterocycles. The number of hydrogen-bond donors (Lipinski definition) is 2. The van der Waals surface area contributed by atoms with E-state index < -0.39 is 0 Å². The van der Waals surface area contributed by atoms with Crippen LogP contribution >= 0.6 is 0 Å². The van der Waals surface area contributed by atoms with Crippen LogP contribution in [0.4, 0.5) is 0 Å². The number of amides is 1. The molecule has 18 heavy (non-hydrogen) atoms. The van der Waals surface area contributed by atoms with E-state index in [1.165, 1.54) is 12.8 Å². The van der Waals surface area contributed by atoms with Gasteiger partial charge in [0.15, 0.2) is 0 Å². The van der Waals surface area contributed by atoms with Crippen molar-refractivity contribution in [1.29, 1.82) is 0 Å². The molecule has 0 heterocycles. The van der Waals surface area contributed by atoms with Gasteiger partial charge in [0.1, 0.15) is 0 Å². The second-order valence-corrected chi connectivity index (χ2v) is 6.73. The van der Waals surface area contributed by atoms with Gasteiger partial charge < -0.3 is 11.1 Å². The fourth-order valence-electron chi connectivity index (χ4n) is 3.01. The molecule has 3 N–H and O–H groups in total. The minimum atomic E-state index is -0.140. The van der Waals surface area contributed by atoms with E-state index in [1.54, 1.807) is 0 Å². The smallest absolute Gasteiger partial charge is 0.224 e. The molecule has 2 unspecified atom stereocenters. The summed E-state index contributed by atoms with van der Waals surface area (Å²) in [6.07, 6.45) is 6.41. The highest BCUT2D eigenvalue weighted by Crippen LogP contribution is 2.40. The van der Waals surface area contributed by atoms with Gasteiger partial charge in [-0.2, -0.15) is 0 Å². The molecule has 0 aromatic heterocycles. The summed E-state index contributed by atoms with van der Waals surface area (Å²) in [7, 11) is 0. The van der Waals surface area contributed by atoms with Crippen LogP contribution in [0.1, 0.15) is 66.2 Å². The van der Waals surface area contributed by atoms with Crippen molar-refractivity contribution in [3.8, 4) is 0 Å². The van der Waals surface area contributed by atoms with Crippen molar-refractivity contribution in [2.24, 2.45) is 17.1 Å². The van der Waals surface area contributed by atoms with E-state index in [0.29, 0.717) is 6.54 Å². The standard InChI is InChI=1S/C15H30N2O/c1-5-15(4,10-11-16)17-13(18)12-8-6-7-9-14(12,2)3/h12H,5-11,16H2,1-4H3,(H,17,18). The van der Waals surface area contributed by atoms with Gasteiger partial charge in [-0.05, 0) is 44.6 Å². The highest BCUT2D eigenvalue weighted by Gasteiger charge is 2.38. The van der Waals surface area contributed by atoms with Crippen molar-refractivity contribution in [1.82, 2.24) is 5.32 Å². The molecule has 0 spiro atoms. The summed E-state index contributed by atoms with van der Waals surface area (Å²) in [5.74, 6) is 0.396. The summed E-state index contributed by atoms with van der Waals surface area (Å²) in [6.45, 7) is 9.29. The third-order valence-electron chi connectivity index (χ3n) is 4.73. The van der Waals surface area contributed by atoms with Crippen molar-refractivity contribution in [3.63, 3.8) is 0 Å². The quantitative estimate of drug-likeness (QED) is 0.792. The molecule has 3 nitrogen and oxygen atoms in total. The molecule has 1 aliphatic carbocycles. The molecule has 0 aromatic rings. The molecule has 0 saturated heterocycles. The maximum atomic E-state index is 12.5. The Labute approximate surface area is 112 Å². The van der Waals surface area contributed by atoms with Crippen LogP contribution in [-0.4, -0.2) is 18.0 Å². The highest BCUT2D eigenvalue weighted by atomic mass is 16.2. The molecule has 1 rings (SSSR count). The summed E-state index contributed by atoms with van der Waals surface area (Å²) in [4.78, 5) is 12.5. The van der Waals surface area contributed by atoms with Crippen molar-refractivity contribution < 1.29 is 4.79 Å². The summed E-state index contributed by atoms with van der Waals surface area (Å²) in [5, 5.41) is 3.25. The zero-order valence-electron chi connectivity index (χ0n) is 12.5. The molecule has 106 valence electrons. The number of hydrogen-bond acceptors (Lipinski definition) is 2. The Balaban J connectivity index is 2.68. The van der Waals surface area contributed by atoms with Gasteiger partial charge in [0.05, 0.1) is 0 Å². The summed E-state index contributed by atoms with van der Waals surface area (Å²) >= 11 is 0. The monoisotopic (exact) mass is 254 g/mol. The number of nitrogens with one attached hydrogen (secondary N) is 1. The Morgan fingerprint density at radius 1 is 1.44 bits per heavy atom. The second kappa shape index (κ2) is 6.05. The molecule has 1 fully saturated rings. The van der Waals surface area contributed by atoms with Crippen molar-refractivity contribution in [3.05, 3.63) is 0 Å². The molecule has 1 saturated carbocycles. The van der Waals surface area contributed by atoms with Crippen molar-refractivity contribution >= 4 is 5.91 Å². The van der Waals surface area contributed by atoms with Crippen LogP contribution in [0.2, 0.25) is 0 Å². The fraction of sp³-hybridized carbons (Fsp3) is 0.933. The van der Waals surface area contributed by atoms with E-state index >= 15 is 0 Å². The van der Waals surface area contributed by atoms with E-state index in [1.807, 2.05) is 0 Å². The first-order valence-corrected chi connectivity index (χ1v) is 7.37. The van der Waals surface area contributed by atoms with E-state index in [4.69, 9.17) is 5.73 Å². The lowest BCUT2D eigenvalue weighted by Crippen LogP contribution is -2.51. The largest absolute Gasteiger partial charge is 0.351 e. The maximum Gasteiger partial charge on any atom is 0.224 e. The minimum absolute atomic E-state index is 0.139. The van der Waals surface area contributed by atoms with E-state index in [9.17, 15) is 4.79 Å². The first kappa shape index (κ1) is 15.5. The van der Waals surface area contributed by atoms with Crippen LogP contribution < -0.4 is 11.1 Å². The highest BCUT2D eigenvalue weighted by molar-refractivity contribution is 5.80. The third-order valence-corrected chi connectivity index (χ3v) is 4.73. The predicted octanol–water partition coefficient (Wildman–Crippen LogP) is 2.84. The molecule has 3 heteroatoms. The fourth-order valence-corrected chi connectivity index (χ4v) is 3.01. The molecule has 0 radical (unpaired) electrons. The van der Waals surface area contributed by atoms with Crippen LogP contribution in [0.25, 0.3) is 0 Å². The Morgan fingerprint density at radius 3 is 2.61 bits per heavy atom. The van der Waals surface area contributed by atoms with Crippen molar-refractivity contribution in [2.45, 2.75) is 71.8 Å². The van der Waals surface area contributed by atoms with Gasteiger partial charge in [-0.3, -0.25) is 4.79 Å². The zero-order valence-corrected chi connectivity index (χ0v) is 12.5. The molecule has 1 amide bonds. The van der Waals surface area contributed by atoms with Gasteiger partial charge in [-0.25, -0.2) is 0 Å². The molecule has 0 aromatic carbocycles. The summed E-state index contributed by atoms with van der Waals surface area (Å²) < 4.78 is 0. The topological polar surface area (TPSA) is 55.1 Å². The van der Waals surface area contributed by atoms with Gasteiger partial charge >= 0.3 is 0 Å². The summed E-state index contributed by atoms with van der Waals surface area (Å²) in [5.41, 5.74) is 5.65. The lowest BCUT2D eigenvalue weighted by atomic mass is 9.68. The van der Waals surface area contributed by atoms with E-state index in [-0.39, 0.29) is 22.8 Å². The van der Waals surface area contributed by atoms with Crippen LogP contribution in [0.15, 0.2) is 0 Å². The van der Waals surface area contributed by atoms with Crippen LogP contribution in [-0.2, 0) is 4.79 Å². The lowest BCUT2D eigenvalue weighted by Gasteiger charge is -2.40. The Morgan fingerprint density at radius 2 is 2.11 bits per heavy atom. The minimum Gasteiger partial charge on any atom is -0.351 e. The van der Waals surface area contributed by atoms with Gasteiger partial charge in [0.25, 0.3) is 0 Å². The SMILES string of the molecule is CCC(C)(CCN)NC(=O)C1CCCCC1(C)C. The Hall–Kier alpha value is -0.570. The molecule has 0 bridgehead atoms. The third kappa shape index (κ3) is 3.71. The Bertz CT molecular complexity index is 288. The average Bonchev–Trinajstić information content (AvgIpc) is 2.28. The molecular formula is C15H30N2O. The molecular weight excluding hydrogens is 224 g/mol. The van der Waals surface area contributed by atoms with Gasteiger partial charge in [0, 0.05) is 11.5 Å². The van der Waals surface area contributed by atoms with Gasteiger partial charge in [0.2, 0.25) is 5.91 Å². The predicted molar refractivity (Wildman–Crippen MR) is 76.2 cm³/mol. The van der Waals surface area contributed by atoms with E-state index in [0.717, 1.165) is 25.7 Å². The van der Waals surface area contributed by atoms with Crippen LogP contribution in [0.5, 0.6) is 0 Å². The first-order chi connectivity index (χ1) is 8.34.